The molecule has 0 saturated carbocycles. The number of piperazine rings is 1. The molecule has 0 bridgehead atoms. The lowest BCUT2D eigenvalue weighted by atomic mass is 10.0. The molecule has 3 heterocycles. The minimum absolute atomic E-state index is 0.00170. The zero-order chi connectivity index (χ0) is 37.0. The van der Waals surface area contributed by atoms with Crippen LogP contribution in [0.25, 0.3) is 11.0 Å². The number of hydrogen-bond acceptors (Lipinski definition) is 9. The summed E-state index contributed by atoms with van der Waals surface area (Å²) in [6.07, 6.45) is 1.29. The molecule has 0 radical (unpaired) electrons. The fourth-order valence-corrected chi connectivity index (χ4v) is 6.68. The van der Waals surface area contributed by atoms with E-state index in [2.05, 4.69) is 25.4 Å². The smallest absolute Gasteiger partial charge is 0.327 e. The molecule has 12 nitrogen and oxygen atoms in total. The molecule has 0 spiro atoms. The van der Waals surface area contributed by atoms with Gasteiger partial charge in [-0.1, -0.05) is 24.3 Å². The number of amides is 2. The van der Waals surface area contributed by atoms with E-state index >= 15 is 4.39 Å². The molecule has 2 aliphatic heterocycles. The largest absolute Gasteiger partial charge is 0.491 e. The molecule has 2 fully saturated rings. The number of carbonyl (C=O) groups excluding carboxylic acids is 1. The maximum Gasteiger partial charge on any atom is 0.327 e. The number of anilines is 3. The fourth-order valence-electron chi connectivity index (χ4n) is 6.68. The van der Waals surface area contributed by atoms with Crippen molar-refractivity contribution < 1.29 is 27.8 Å². The summed E-state index contributed by atoms with van der Waals surface area (Å²) in [6.45, 7) is 7.51. The number of carbonyl (C=O) groups is 1. The van der Waals surface area contributed by atoms with Crippen LogP contribution in [0.4, 0.5) is 30.6 Å². The van der Waals surface area contributed by atoms with Crippen molar-refractivity contribution in [3.63, 3.8) is 0 Å². The van der Waals surface area contributed by atoms with Crippen molar-refractivity contribution in [3.8, 4) is 5.75 Å². The van der Waals surface area contributed by atoms with E-state index in [0.717, 1.165) is 61.9 Å². The highest BCUT2D eigenvalue weighted by Crippen LogP contribution is 2.38. The van der Waals surface area contributed by atoms with E-state index in [9.17, 15) is 9.18 Å². The number of nitrogens with zero attached hydrogens (tertiary/aromatic N) is 6. The monoisotopic (exact) mass is 724 g/mol. The first-order valence-corrected chi connectivity index (χ1v) is 17.7. The van der Waals surface area contributed by atoms with E-state index in [1.165, 1.54) is 17.0 Å². The molecule has 276 valence electrons. The molecule has 5 aromatic rings. The molecule has 2 N–H and O–H groups in total. The van der Waals surface area contributed by atoms with Crippen molar-refractivity contribution in [1.29, 1.82) is 5.41 Å². The Morgan fingerprint density at radius 1 is 1.02 bits per heavy atom. The maximum absolute atomic E-state index is 15.2. The molecule has 1 aromatic heterocycles. The van der Waals surface area contributed by atoms with Gasteiger partial charge in [-0.15, -0.1) is 5.10 Å². The number of rotatable bonds is 12. The summed E-state index contributed by atoms with van der Waals surface area (Å²) in [5.41, 5.74) is 4.32. The second-order valence-corrected chi connectivity index (χ2v) is 13.2. The number of nitrogens with one attached hydrogen (secondary N) is 2. The number of para-hydroxylation sites is 1. The van der Waals surface area contributed by atoms with Gasteiger partial charge >= 0.3 is 6.03 Å². The molecule has 2 aliphatic rings. The van der Waals surface area contributed by atoms with E-state index in [1.807, 2.05) is 86.6 Å². The Balaban J connectivity index is 0.929. The number of urea groups is 1. The lowest BCUT2D eigenvalue weighted by Crippen LogP contribution is -2.46. The van der Waals surface area contributed by atoms with Gasteiger partial charge in [0.1, 0.15) is 42.2 Å². The zero-order valence-corrected chi connectivity index (χ0v) is 29.6. The van der Waals surface area contributed by atoms with Crippen molar-refractivity contribution in [1.82, 2.24) is 19.9 Å². The average Bonchev–Trinajstić information content (AvgIpc) is 3.79. The lowest BCUT2D eigenvalue weighted by Gasteiger charge is -2.37. The van der Waals surface area contributed by atoms with Crippen LogP contribution in [0, 0.1) is 17.0 Å². The van der Waals surface area contributed by atoms with Crippen molar-refractivity contribution in [2.75, 3.05) is 54.5 Å². The SMILES string of the molecule is CCC(C)N(C=N)C(=O)Nc1ccc(N2CCN(c3ccc(OCC4COC(Cn5nnc6ccccc65)(c5ccc(F)cc5F)O4)cc3)CC2)cc1. The number of aromatic nitrogens is 3. The normalized spacial score (nSPS) is 19.3. The summed E-state index contributed by atoms with van der Waals surface area (Å²) in [5.74, 6) is -2.38. The van der Waals surface area contributed by atoms with Crippen molar-refractivity contribution in [2.45, 2.75) is 44.7 Å². The number of ether oxygens (including phenoxy) is 3. The Labute approximate surface area is 306 Å². The third-order valence-corrected chi connectivity index (χ3v) is 9.82. The first-order valence-electron chi connectivity index (χ1n) is 17.7. The summed E-state index contributed by atoms with van der Waals surface area (Å²) in [5, 5.41) is 18.9. The predicted molar refractivity (Wildman–Crippen MR) is 199 cm³/mol. The van der Waals surface area contributed by atoms with Gasteiger partial charge in [-0.25, -0.2) is 18.3 Å². The molecule has 7 rings (SSSR count). The van der Waals surface area contributed by atoms with Gasteiger partial charge in [0.25, 0.3) is 0 Å². The lowest BCUT2D eigenvalue weighted by molar-refractivity contribution is -0.192. The van der Waals surface area contributed by atoms with Crippen LogP contribution in [0.1, 0.15) is 25.8 Å². The van der Waals surface area contributed by atoms with Crippen LogP contribution in [-0.4, -0.2) is 83.8 Å². The molecular formula is C39H42F2N8O4. The second-order valence-electron chi connectivity index (χ2n) is 13.2. The van der Waals surface area contributed by atoms with Gasteiger partial charge in [-0.2, -0.15) is 0 Å². The topological polar surface area (TPSA) is 121 Å². The zero-order valence-electron chi connectivity index (χ0n) is 29.6. The number of hydrogen-bond donors (Lipinski definition) is 2. The van der Waals surface area contributed by atoms with Gasteiger partial charge in [-0.3, -0.25) is 10.3 Å². The predicted octanol–water partition coefficient (Wildman–Crippen LogP) is 6.62. The summed E-state index contributed by atoms with van der Waals surface area (Å²) < 4.78 is 49.3. The fraction of sp³-hybridized carbons (Fsp3) is 0.333. The Morgan fingerprint density at radius 2 is 1.70 bits per heavy atom. The standard InChI is InChI=1S/C39H42F2N8O4/c1-3-27(2)48(26-42)38(50)43-29-9-11-30(12-10-29)46-18-20-47(21-19-46)31-13-15-32(16-14-31)51-23-33-24-52-39(53-33,34-17-8-28(40)22-35(34)41)25-49-37-7-5-4-6-36(37)44-45-49/h4-17,22,26-27,33,42H,3,18-21,23-25H2,1-2H3,(H,43,50). The highest BCUT2D eigenvalue weighted by Gasteiger charge is 2.46. The Morgan fingerprint density at radius 3 is 2.36 bits per heavy atom. The van der Waals surface area contributed by atoms with Gasteiger partial charge in [-0.05, 0) is 86.1 Å². The minimum Gasteiger partial charge on any atom is -0.491 e. The summed E-state index contributed by atoms with van der Waals surface area (Å²) >= 11 is 0. The highest BCUT2D eigenvalue weighted by atomic mass is 19.1. The van der Waals surface area contributed by atoms with Crippen LogP contribution >= 0.6 is 0 Å². The van der Waals surface area contributed by atoms with Crippen LogP contribution in [0.2, 0.25) is 0 Å². The van der Waals surface area contributed by atoms with E-state index in [0.29, 0.717) is 17.0 Å². The van der Waals surface area contributed by atoms with E-state index in [4.69, 9.17) is 19.6 Å². The first-order chi connectivity index (χ1) is 25.7. The van der Waals surface area contributed by atoms with Crippen LogP contribution in [0.5, 0.6) is 5.75 Å². The third-order valence-electron chi connectivity index (χ3n) is 9.82. The van der Waals surface area contributed by atoms with Crippen molar-refractivity contribution >= 4 is 40.5 Å². The van der Waals surface area contributed by atoms with Crippen molar-refractivity contribution in [2.24, 2.45) is 0 Å². The molecule has 0 aliphatic carbocycles. The van der Waals surface area contributed by atoms with Gasteiger partial charge < -0.3 is 29.3 Å². The maximum atomic E-state index is 15.2. The molecule has 4 aromatic carbocycles. The number of benzene rings is 4. The van der Waals surface area contributed by atoms with Crippen molar-refractivity contribution in [3.05, 3.63) is 108 Å². The molecular weight excluding hydrogens is 682 g/mol. The third kappa shape index (κ3) is 7.78. The second kappa shape index (κ2) is 15.6. The Bertz CT molecular complexity index is 2040. The molecule has 14 heteroatoms. The summed E-state index contributed by atoms with van der Waals surface area (Å²) in [6, 6.07) is 26.0. The van der Waals surface area contributed by atoms with E-state index in [-0.39, 0.29) is 37.4 Å². The molecule has 3 atom stereocenters. The van der Waals surface area contributed by atoms with Crippen LogP contribution in [0.15, 0.2) is 91.0 Å². The molecule has 2 saturated heterocycles. The molecule has 53 heavy (non-hydrogen) atoms. The summed E-state index contributed by atoms with van der Waals surface area (Å²) in [4.78, 5) is 18.6. The Hall–Kier alpha value is -5.60. The molecule has 3 unspecified atom stereocenters. The Kier molecular flexibility index (Phi) is 10.5. The van der Waals surface area contributed by atoms with Crippen LogP contribution in [0.3, 0.4) is 0 Å². The quantitative estimate of drug-likeness (QED) is 0.109. The minimum atomic E-state index is -1.57. The van der Waals surface area contributed by atoms with Crippen LogP contribution in [-0.2, 0) is 21.8 Å². The van der Waals surface area contributed by atoms with Gasteiger partial charge in [0, 0.05) is 60.9 Å². The van der Waals surface area contributed by atoms with Gasteiger partial charge in [0.05, 0.1) is 18.5 Å². The van der Waals surface area contributed by atoms with E-state index in [1.54, 1.807) is 4.68 Å². The molecule has 2 amide bonds. The average molecular weight is 725 g/mol. The van der Waals surface area contributed by atoms with Gasteiger partial charge in [0.15, 0.2) is 0 Å². The number of fused-ring (bicyclic) bond motifs is 1. The first kappa shape index (κ1) is 35.8. The number of halogens is 2. The highest BCUT2D eigenvalue weighted by molar-refractivity contribution is 5.96. The van der Waals surface area contributed by atoms with E-state index < -0.39 is 23.5 Å². The van der Waals surface area contributed by atoms with Crippen LogP contribution < -0.4 is 19.9 Å². The summed E-state index contributed by atoms with van der Waals surface area (Å²) in [7, 11) is 0. The van der Waals surface area contributed by atoms with Gasteiger partial charge in [0.2, 0.25) is 5.79 Å².